The van der Waals surface area contributed by atoms with E-state index < -0.39 is 18.3 Å². The highest BCUT2D eigenvalue weighted by Crippen LogP contribution is 2.50. The molecular formula is C36H40BNO2. The molecule has 3 nitrogen and oxygen atoms in total. The van der Waals surface area contributed by atoms with Gasteiger partial charge in [0.15, 0.2) is 0 Å². The second-order valence-electron chi connectivity index (χ2n) is 13.4. The summed E-state index contributed by atoms with van der Waals surface area (Å²) in [5.74, 6) is 0. The molecule has 0 radical (unpaired) electrons. The topological polar surface area (TPSA) is 30.5 Å². The number of hydrogen-bond acceptors (Lipinski definition) is 3. The molecule has 6 rings (SSSR count). The van der Waals surface area contributed by atoms with Crippen LogP contribution in [0, 0.1) is 0 Å². The van der Waals surface area contributed by atoms with E-state index in [2.05, 4.69) is 146 Å². The van der Waals surface area contributed by atoms with Gasteiger partial charge in [0.1, 0.15) is 0 Å². The molecular weight excluding hydrogens is 489 g/mol. The average molecular weight is 530 g/mol. The molecule has 0 atom stereocenters. The van der Waals surface area contributed by atoms with Gasteiger partial charge in [0, 0.05) is 27.7 Å². The molecule has 1 aliphatic carbocycles. The lowest BCUT2D eigenvalue weighted by Crippen LogP contribution is -2.41. The molecule has 1 fully saturated rings. The van der Waals surface area contributed by atoms with E-state index in [-0.39, 0.29) is 10.8 Å². The van der Waals surface area contributed by atoms with Crippen LogP contribution in [0.15, 0.2) is 91.0 Å². The summed E-state index contributed by atoms with van der Waals surface area (Å²) in [6.45, 7) is 17.8. The Morgan fingerprint density at radius 1 is 0.525 bits per heavy atom. The van der Waals surface area contributed by atoms with Gasteiger partial charge in [-0.3, -0.25) is 0 Å². The van der Waals surface area contributed by atoms with Crippen molar-refractivity contribution in [3.63, 3.8) is 0 Å². The number of benzene rings is 4. The van der Waals surface area contributed by atoms with Crippen molar-refractivity contribution >= 4 is 24.0 Å². The van der Waals surface area contributed by atoms with Crippen molar-refractivity contribution in [2.24, 2.45) is 0 Å². The van der Waals surface area contributed by atoms with Gasteiger partial charge in [0.05, 0.1) is 11.2 Å². The number of rotatable bonds is 4. The molecule has 1 saturated heterocycles. The van der Waals surface area contributed by atoms with E-state index in [0.717, 1.165) is 16.8 Å². The van der Waals surface area contributed by atoms with Gasteiger partial charge in [-0.05, 0) is 79.3 Å². The maximum atomic E-state index is 6.62. The van der Waals surface area contributed by atoms with Gasteiger partial charge in [-0.15, -0.1) is 0 Å². The second-order valence-corrected chi connectivity index (χ2v) is 13.4. The van der Waals surface area contributed by atoms with Gasteiger partial charge >= 0.3 is 7.12 Å². The molecule has 0 aromatic heterocycles. The summed E-state index contributed by atoms with van der Waals surface area (Å²) >= 11 is 0. The second kappa shape index (κ2) is 9.09. The molecule has 4 aromatic carbocycles. The van der Waals surface area contributed by atoms with Crippen LogP contribution in [0.3, 0.4) is 0 Å². The van der Waals surface area contributed by atoms with Crippen molar-refractivity contribution in [3.05, 3.63) is 113 Å². The first-order valence-electron chi connectivity index (χ1n) is 14.4. The fraction of sp³-hybridized carbons (Fsp3) is 0.333. The van der Waals surface area contributed by atoms with Crippen LogP contribution in [0.2, 0.25) is 0 Å². The monoisotopic (exact) mass is 529 g/mol. The van der Waals surface area contributed by atoms with Gasteiger partial charge in [-0.2, -0.15) is 0 Å². The minimum absolute atomic E-state index is 0.149. The summed E-state index contributed by atoms with van der Waals surface area (Å²) in [6, 6.07) is 32.7. The molecule has 2 aliphatic rings. The van der Waals surface area contributed by atoms with Gasteiger partial charge < -0.3 is 14.6 Å². The van der Waals surface area contributed by atoms with Crippen LogP contribution in [0.5, 0.6) is 0 Å². The Labute approximate surface area is 240 Å². The van der Waals surface area contributed by atoms with Crippen LogP contribution in [0.4, 0.5) is 11.4 Å². The van der Waals surface area contributed by atoms with Crippen LogP contribution < -0.4 is 10.8 Å². The summed E-state index contributed by atoms with van der Waals surface area (Å²) in [7, 11) is -0.475. The zero-order chi connectivity index (χ0) is 28.5. The Bertz CT molecular complexity index is 1550. The maximum Gasteiger partial charge on any atom is 0.496 e. The number of nitrogens with one attached hydrogen (secondary N) is 1. The largest absolute Gasteiger partial charge is 0.496 e. The van der Waals surface area contributed by atoms with Gasteiger partial charge in [0.25, 0.3) is 0 Å². The standard InChI is InChI=1S/C36H40BNO2/c1-33(2)27-16-12-13-17-28(27)34(3,4)30-23-32(31(22-29(30)33)37-39-35(5,6)36(7,8)40-37)38-26-20-18-25(19-21-26)24-14-10-9-11-15-24/h9-23,38H,1-8H3. The lowest BCUT2D eigenvalue weighted by molar-refractivity contribution is 0.00578. The Kier molecular flexibility index (Phi) is 6.10. The van der Waals surface area contributed by atoms with Crippen molar-refractivity contribution in [3.8, 4) is 11.1 Å². The highest BCUT2D eigenvalue weighted by atomic mass is 16.7. The molecule has 0 saturated carbocycles. The van der Waals surface area contributed by atoms with Crippen LogP contribution in [-0.4, -0.2) is 18.3 Å². The third-order valence-electron chi connectivity index (χ3n) is 9.59. The lowest BCUT2D eigenvalue weighted by Gasteiger charge is -2.44. The van der Waals surface area contributed by atoms with Crippen LogP contribution in [-0.2, 0) is 20.1 Å². The Morgan fingerprint density at radius 3 is 1.55 bits per heavy atom. The van der Waals surface area contributed by atoms with Gasteiger partial charge in [-0.1, -0.05) is 100 Å². The molecule has 40 heavy (non-hydrogen) atoms. The van der Waals surface area contributed by atoms with E-state index in [4.69, 9.17) is 9.31 Å². The zero-order valence-corrected chi connectivity index (χ0v) is 25.1. The predicted molar refractivity (Wildman–Crippen MR) is 168 cm³/mol. The quantitative estimate of drug-likeness (QED) is 0.270. The normalized spacial score (nSPS) is 19.6. The fourth-order valence-electron chi connectivity index (χ4n) is 6.32. The molecule has 0 amide bonds. The Balaban J connectivity index is 1.48. The molecule has 0 unspecified atom stereocenters. The van der Waals surface area contributed by atoms with E-state index in [9.17, 15) is 0 Å². The zero-order valence-electron chi connectivity index (χ0n) is 25.1. The highest BCUT2D eigenvalue weighted by Gasteiger charge is 2.53. The molecule has 4 heteroatoms. The predicted octanol–water partition coefficient (Wildman–Crippen LogP) is 8.36. The van der Waals surface area contributed by atoms with Crippen molar-refractivity contribution in [1.29, 1.82) is 0 Å². The van der Waals surface area contributed by atoms with E-state index in [0.29, 0.717) is 0 Å². The Morgan fingerprint density at radius 2 is 1.00 bits per heavy atom. The van der Waals surface area contributed by atoms with Crippen LogP contribution in [0.25, 0.3) is 11.1 Å². The summed E-state index contributed by atoms with van der Waals surface area (Å²) < 4.78 is 13.2. The summed E-state index contributed by atoms with van der Waals surface area (Å²) in [4.78, 5) is 0. The third-order valence-corrected chi connectivity index (χ3v) is 9.59. The van der Waals surface area contributed by atoms with Crippen LogP contribution in [0.1, 0.15) is 77.6 Å². The molecule has 1 N–H and O–H groups in total. The molecule has 4 aromatic rings. The maximum absolute atomic E-state index is 6.62. The van der Waals surface area contributed by atoms with E-state index in [1.165, 1.54) is 33.4 Å². The van der Waals surface area contributed by atoms with E-state index >= 15 is 0 Å². The van der Waals surface area contributed by atoms with Crippen molar-refractivity contribution in [1.82, 2.24) is 0 Å². The summed E-state index contributed by atoms with van der Waals surface area (Å²) in [6.07, 6.45) is 0. The van der Waals surface area contributed by atoms with Crippen LogP contribution >= 0.6 is 0 Å². The Hall–Kier alpha value is -3.34. The molecule has 204 valence electrons. The first-order chi connectivity index (χ1) is 18.8. The molecule has 0 spiro atoms. The number of anilines is 2. The van der Waals surface area contributed by atoms with E-state index in [1.807, 2.05) is 6.07 Å². The molecule has 0 bridgehead atoms. The summed E-state index contributed by atoms with van der Waals surface area (Å²) in [5, 5.41) is 3.76. The first kappa shape index (κ1) is 26.9. The lowest BCUT2D eigenvalue weighted by atomic mass is 9.58. The average Bonchev–Trinajstić information content (AvgIpc) is 3.15. The summed E-state index contributed by atoms with van der Waals surface area (Å²) in [5.41, 5.74) is 9.76. The number of hydrogen-bond donors (Lipinski definition) is 1. The highest BCUT2D eigenvalue weighted by molar-refractivity contribution is 6.64. The van der Waals surface area contributed by atoms with Gasteiger partial charge in [0.2, 0.25) is 0 Å². The van der Waals surface area contributed by atoms with Crippen molar-refractivity contribution in [2.75, 3.05) is 5.32 Å². The van der Waals surface area contributed by atoms with Gasteiger partial charge in [-0.25, -0.2) is 0 Å². The SMILES string of the molecule is CC1(C)c2ccccc2C(C)(C)c2cc(B3OC(C)(C)C(C)(C)O3)c(Nc3ccc(-c4ccccc4)cc3)cc21. The fourth-order valence-corrected chi connectivity index (χ4v) is 6.32. The smallest absolute Gasteiger partial charge is 0.399 e. The molecule has 1 aliphatic heterocycles. The van der Waals surface area contributed by atoms with Crippen molar-refractivity contribution in [2.45, 2.75) is 77.4 Å². The minimum Gasteiger partial charge on any atom is -0.399 e. The minimum atomic E-state index is -0.475. The number of fused-ring (bicyclic) bond motifs is 2. The van der Waals surface area contributed by atoms with Crippen molar-refractivity contribution < 1.29 is 9.31 Å². The third kappa shape index (κ3) is 4.20. The van der Waals surface area contributed by atoms with E-state index in [1.54, 1.807) is 0 Å². The molecule has 1 heterocycles. The first-order valence-corrected chi connectivity index (χ1v) is 14.4.